The van der Waals surface area contributed by atoms with Gasteiger partial charge in [-0.1, -0.05) is 25.5 Å². The molecule has 1 aromatic heterocycles. The van der Waals surface area contributed by atoms with E-state index in [2.05, 4.69) is 6.92 Å². The van der Waals surface area contributed by atoms with Gasteiger partial charge in [-0.25, -0.2) is 12.8 Å². The number of aromatic nitrogens is 1. The summed E-state index contributed by atoms with van der Waals surface area (Å²) in [5, 5.41) is 11.0. The summed E-state index contributed by atoms with van der Waals surface area (Å²) >= 11 is 0. The van der Waals surface area contributed by atoms with Crippen LogP contribution in [-0.2, 0) is 22.8 Å². The zero-order valence-electron chi connectivity index (χ0n) is 14.2. The highest BCUT2D eigenvalue weighted by molar-refractivity contribution is 7.90. The molecule has 3 aromatic rings. The second-order valence-electron chi connectivity index (χ2n) is 6.22. The molecule has 0 atom stereocenters. The first kappa shape index (κ1) is 17.5. The number of hydrogen-bond acceptors (Lipinski definition) is 3. The molecule has 0 amide bonds. The number of aromatic hydroxyl groups is 1. The largest absolute Gasteiger partial charge is 0.506 e. The molecule has 0 aliphatic heterocycles. The van der Waals surface area contributed by atoms with Crippen LogP contribution in [0.25, 0.3) is 10.9 Å². The summed E-state index contributed by atoms with van der Waals surface area (Å²) in [5.74, 6) is -0.499. The summed E-state index contributed by atoms with van der Waals surface area (Å²) < 4.78 is 38.8. The van der Waals surface area contributed by atoms with E-state index in [1.54, 1.807) is 18.2 Å². The van der Waals surface area contributed by atoms with Crippen molar-refractivity contribution in [1.29, 1.82) is 0 Å². The van der Waals surface area contributed by atoms with Gasteiger partial charge in [-0.3, -0.25) is 0 Å². The molecule has 6 heteroatoms. The van der Waals surface area contributed by atoms with Crippen molar-refractivity contribution in [2.75, 3.05) is 6.26 Å². The van der Waals surface area contributed by atoms with Crippen LogP contribution in [0.15, 0.2) is 47.4 Å². The zero-order valence-corrected chi connectivity index (χ0v) is 15.0. The molecule has 0 spiro atoms. The summed E-state index contributed by atoms with van der Waals surface area (Å²) in [6, 6.07) is 11.3. The molecule has 0 aliphatic carbocycles. The lowest BCUT2D eigenvalue weighted by molar-refractivity contribution is 0.465. The van der Waals surface area contributed by atoms with Crippen LogP contribution in [0.4, 0.5) is 4.39 Å². The van der Waals surface area contributed by atoms with E-state index in [0.29, 0.717) is 11.9 Å². The monoisotopic (exact) mass is 361 g/mol. The van der Waals surface area contributed by atoms with Crippen LogP contribution in [0, 0.1) is 5.82 Å². The van der Waals surface area contributed by atoms with Crippen molar-refractivity contribution in [1.82, 2.24) is 4.57 Å². The van der Waals surface area contributed by atoms with Gasteiger partial charge in [0.25, 0.3) is 0 Å². The third kappa shape index (κ3) is 3.39. The Morgan fingerprint density at radius 2 is 1.80 bits per heavy atom. The molecule has 1 heterocycles. The lowest BCUT2D eigenvalue weighted by atomic mass is 10.2. The van der Waals surface area contributed by atoms with Gasteiger partial charge in [0.1, 0.15) is 16.5 Å². The first-order chi connectivity index (χ1) is 11.8. The van der Waals surface area contributed by atoms with Gasteiger partial charge in [-0.2, -0.15) is 0 Å². The molecule has 4 nitrogen and oxygen atoms in total. The summed E-state index contributed by atoms with van der Waals surface area (Å²) in [5.41, 5.74) is 2.70. The normalized spacial score (nSPS) is 12.0. The quantitative estimate of drug-likeness (QED) is 0.750. The number of rotatable bonds is 5. The number of nitrogens with zero attached hydrogens (tertiary/aromatic N) is 1. The van der Waals surface area contributed by atoms with Crippen LogP contribution in [0.1, 0.15) is 24.6 Å². The summed E-state index contributed by atoms with van der Waals surface area (Å²) in [6.45, 7) is 2.58. The van der Waals surface area contributed by atoms with Crippen molar-refractivity contribution in [3.05, 3.63) is 59.5 Å². The number of aryl methyl sites for hydroxylation is 1. The maximum absolute atomic E-state index is 13.1. The molecule has 0 unspecified atom stereocenters. The number of fused-ring (bicyclic) bond motifs is 1. The van der Waals surface area contributed by atoms with Crippen molar-refractivity contribution in [3.8, 4) is 5.75 Å². The Balaban J connectivity index is 2.17. The van der Waals surface area contributed by atoms with Crippen LogP contribution in [0.3, 0.4) is 0 Å². The Labute approximate surface area is 146 Å². The Kier molecular flexibility index (Phi) is 4.56. The zero-order chi connectivity index (χ0) is 18.2. The molecule has 1 N–H and O–H groups in total. The molecule has 25 heavy (non-hydrogen) atoms. The predicted octanol–water partition coefficient (Wildman–Crippen LogP) is 3.89. The fraction of sp³-hybridized carbons (Fsp3) is 0.263. The van der Waals surface area contributed by atoms with E-state index in [-0.39, 0.29) is 16.5 Å². The molecule has 0 aliphatic rings. The standard InChI is InChI=1S/C19H20FNO3S/c1-3-4-15-11-16-17(9-10-18(19(16)22)25(2,23)24)21(15)12-13-5-7-14(20)8-6-13/h5-11,22H,3-4,12H2,1-2H3. The smallest absolute Gasteiger partial charge is 0.179 e. The fourth-order valence-electron chi connectivity index (χ4n) is 3.08. The number of hydrogen-bond donors (Lipinski definition) is 1. The van der Waals surface area contributed by atoms with Crippen molar-refractivity contribution >= 4 is 20.7 Å². The second-order valence-corrected chi connectivity index (χ2v) is 8.20. The van der Waals surface area contributed by atoms with Gasteiger partial charge in [0.05, 0.1) is 5.52 Å². The van der Waals surface area contributed by atoms with Crippen molar-refractivity contribution < 1.29 is 17.9 Å². The minimum Gasteiger partial charge on any atom is -0.506 e. The van der Waals surface area contributed by atoms with Gasteiger partial charge < -0.3 is 9.67 Å². The molecule has 3 rings (SSSR count). The van der Waals surface area contributed by atoms with Crippen LogP contribution in [0.5, 0.6) is 5.75 Å². The molecule has 0 saturated carbocycles. The highest BCUT2D eigenvalue weighted by Gasteiger charge is 2.19. The number of phenols is 1. The minimum atomic E-state index is -3.51. The third-order valence-corrected chi connectivity index (χ3v) is 5.39. The predicted molar refractivity (Wildman–Crippen MR) is 96.2 cm³/mol. The highest BCUT2D eigenvalue weighted by atomic mass is 32.2. The molecule has 0 saturated heterocycles. The van der Waals surface area contributed by atoms with Crippen LogP contribution in [-0.4, -0.2) is 24.3 Å². The summed E-state index contributed by atoms with van der Waals surface area (Å²) in [4.78, 5) is -0.0676. The number of halogens is 1. The van der Waals surface area contributed by atoms with Gasteiger partial charge in [0.15, 0.2) is 9.84 Å². The van der Waals surface area contributed by atoms with E-state index >= 15 is 0 Å². The molecular formula is C19H20FNO3S. The highest BCUT2D eigenvalue weighted by Crippen LogP contribution is 2.34. The van der Waals surface area contributed by atoms with E-state index in [1.165, 1.54) is 18.2 Å². The van der Waals surface area contributed by atoms with Gasteiger partial charge in [0.2, 0.25) is 0 Å². The first-order valence-electron chi connectivity index (χ1n) is 8.10. The van der Waals surface area contributed by atoms with E-state index < -0.39 is 9.84 Å². The van der Waals surface area contributed by atoms with Gasteiger partial charge in [-0.05, 0) is 42.3 Å². The Hall–Kier alpha value is -2.34. The Morgan fingerprint density at radius 1 is 1.12 bits per heavy atom. The number of benzene rings is 2. The number of sulfone groups is 1. The van der Waals surface area contributed by atoms with E-state index in [1.807, 2.05) is 10.6 Å². The molecule has 0 fully saturated rings. The van der Waals surface area contributed by atoms with Crippen molar-refractivity contribution in [3.63, 3.8) is 0 Å². The second kappa shape index (κ2) is 6.52. The summed E-state index contributed by atoms with van der Waals surface area (Å²) in [6.07, 6.45) is 2.79. The van der Waals surface area contributed by atoms with Gasteiger partial charge in [-0.15, -0.1) is 0 Å². The molecule has 2 aromatic carbocycles. The maximum Gasteiger partial charge on any atom is 0.179 e. The van der Waals surface area contributed by atoms with Crippen LogP contribution < -0.4 is 0 Å². The van der Waals surface area contributed by atoms with Gasteiger partial charge in [0, 0.05) is 23.9 Å². The average molecular weight is 361 g/mol. The average Bonchev–Trinajstić information content (AvgIpc) is 2.88. The Morgan fingerprint density at radius 3 is 2.40 bits per heavy atom. The van der Waals surface area contributed by atoms with E-state index in [4.69, 9.17) is 0 Å². The lowest BCUT2D eigenvalue weighted by Gasteiger charge is -2.11. The summed E-state index contributed by atoms with van der Waals surface area (Å²) in [7, 11) is -3.51. The van der Waals surface area contributed by atoms with Crippen LogP contribution in [0.2, 0.25) is 0 Å². The van der Waals surface area contributed by atoms with Gasteiger partial charge >= 0.3 is 0 Å². The fourth-order valence-corrected chi connectivity index (χ4v) is 3.85. The third-order valence-electron chi connectivity index (χ3n) is 4.27. The van der Waals surface area contributed by atoms with Crippen molar-refractivity contribution in [2.45, 2.75) is 31.2 Å². The SMILES string of the molecule is CCCc1cc2c(O)c(S(C)(=O)=O)ccc2n1Cc1ccc(F)cc1. The molecule has 0 bridgehead atoms. The van der Waals surface area contributed by atoms with Crippen molar-refractivity contribution in [2.24, 2.45) is 0 Å². The number of phenolic OH excluding ortho intramolecular Hbond substituents is 1. The van der Waals surface area contributed by atoms with E-state index in [9.17, 15) is 17.9 Å². The van der Waals surface area contributed by atoms with Crippen LogP contribution >= 0.6 is 0 Å². The molecule has 132 valence electrons. The van der Waals surface area contributed by atoms with E-state index in [0.717, 1.165) is 35.9 Å². The molecule has 0 radical (unpaired) electrons. The molecular weight excluding hydrogens is 341 g/mol. The minimum absolute atomic E-state index is 0.0676. The first-order valence-corrected chi connectivity index (χ1v) is 9.99. The topological polar surface area (TPSA) is 59.3 Å². The lowest BCUT2D eigenvalue weighted by Crippen LogP contribution is -2.04. The maximum atomic E-state index is 13.1. The Bertz CT molecular complexity index is 1020.